The molecular weight excluding hydrogens is 222 g/mol. The van der Waals surface area contributed by atoms with Crippen molar-refractivity contribution >= 4 is 17.3 Å². The van der Waals surface area contributed by atoms with Gasteiger partial charge in [0.05, 0.1) is 11.3 Å². The average Bonchev–Trinajstić information content (AvgIpc) is 2.29. The van der Waals surface area contributed by atoms with E-state index in [1.165, 1.54) is 12.1 Å². The molecule has 1 unspecified atom stereocenters. The van der Waals surface area contributed by atoms with Crippen LogP contribution in [0.15, 0.2) is 24.3 Å². The van der Waals surface area contributed by atoms with Gasteiger partial charge in [-0.25, -0.2) is 0 Å². The van der Waals surface area contributed by atoms with Crippen LogP contribution in [0.3, 0.4) is 0 Å². The van der Waals surface area contributed by atoms with E-state index in [-0.39, 0.29) is 29.6 Å². The highest BCUT2D eigenvalue weighted by atomic mass is 16.6. The molecule has 1 aliphatic rings. The number of nitrogens with zero attached hydrogens (tertiary/aromatic N) is 1. The fraction of sp³-hybridized carbons (Fsp3) is 0.333. The number of nitro benzene ring substituents is 1. The van der Waals surface area contributed by atoms with E-state index < -0.39 is 4.92 Å². The molecule has 0 amide bonds. The summed E-state index contributed by atoms with van der Waals surface area (Å²) in [6.45, 7) is 0. The number of rotatable bonds is 2. The second-order valence-electron chi connectivity index (χ2n) is 4.12. The lowest BCUT2D eigenvalue weighted by Gasteiger charge is -2.19. The van der Waals surface area contributed by atoms with Crippen LogP contribution in [-0.4, -0.2) is 16.5 Å². The van der Waals surface area contributed by atoms with Crippen molar-refractivity contribution in [2.24, 2.45) is 0 Å². The Morgan fingerprint density at radius 2 is 1.82 bits per heavy atom. The molecule has 5 heteroatoms. The molecule has 0 N–H and O–H groups in total. The Kier molecular flexibility index (Phi) is 2.99. The minimum absolute atomic E-state index is 0.00749. The molecule has 0 saturated heterocycles. The SMILES string of the molecule is O=C1CCC(c2ccc([N+](=O)[O-])cc2)C(=O)C1. The molecule has 0 radical (unpaired) electrons. The second kappa shape index (κ2) is 4.45. The Hall–Kier alpha value is -2.04. The number of carbonyl (C=O) groups is 2. The van der Waals surface area contributed by atoms with E-state index in [4.69, 9.17) is 0 Å². The summed E-state index contributed by atoms with van der Waals surface area (Å²) >= 11 is 0. The van der Waals surface area contributed by atoms with E-state index in [1.54, 1.807) is 12.1 Å². The van der Waals surface area contributed by atoms with Crippen LogP contribution < -0.4 is 0 Å². The fourth-order valence-electron chi connectivity index (χ4n) is 2.05. The van der Waals surface area contributed by atoms with Gasteiger partial charge in [0.15, 0.2) is 0 Å². The molecule has 1 aromatic rings. The Bertz CT molecular complexity index is 478. The van der Waals surface area contributed by atoms with Gasteiger partial charge in [-0.15, -0.1) is 0 Å². The van der Waals surface area contributed by atoms with Gasteiger partial charge in [0.2, 0.25) is 0 Å². The van der Waals surface area contributed by atoms with Gasteiger partial charge in [0.1, 0.15) is 11.6 Å². The number of hydrogen-bond acceptors (Lipinski definition) is 4. The second-order valence-corrected chi connectivity index (χ2v) is 4.12. The van der Waals surface area contributed by atoms with E-state index in [2.05, 4.69) is 0 Å². The summed E-state index contributed by atoms with van der Waals surface area (Å²) in [6.07, 6.45) is 0.907. The molecule has 0 aliphatic heterocycles. The Morgan fingerprint density at radius 3 is 2.35 bits per heavy atom. The molecule has 1 aromatic carbocycles. The van der Waals surface area contributed by atoms with Crippen molar-refractivity contribution in [2.45, 2.75) is 25.2 Å². The molecular formula is C12H11NO4. The third kappa shape index (κ3) is 2.38. The first-order valence-electron chi connectivity index (χ1n) is 5.36. The molecule has 17 heavy (non-hydrogen) atoms. The van der Waals surface area contributed by atoms with E-state index >= 15 is 0 Å². The maximum atomic E-state index is 11.7. The van der Waals surface area contributed by atoms with Crippen LogP contribution in [0.25, 0.3) is 0 Å². The monoisotopic (exact) mass is 233 g/mol. The quantitative estimate of drug-likeness (QED) is 0.444. The van der Waals surface area contributed by atoms with Crippen molar-refractivity contribution in [2.75, 3.05) is 0 Å². The smallest absolute Gasteiger partial charge is 0.269 e. The van der Waals surface area contributed by atoms with Gasteiger partial charge in [-0.2, -0.15) is 0 Å². The highest BCUT2D eigenvalue weighted by molar-refractivity contribution is 6.04. The molecule has 0 bridgehead atoms. The van der Waals surface area contributed by atoms with Crippen LogP contribution in [0.1, 0.15) is 30.7 Å². The minimum Gasteiger partial charge on any atom is -0.299 e. The van der Waals surface area contributed by atoms with Gasteiger partial charge in [-0.1, -0.05) is 12.1 Å². The summed E-state index contributed by atoms with van der Waals surface area (Å²) in [5.74, 6) is -0.392. The lowest BCUT2D eigenvalue weighted by Crippen LogP contribution is -2.23. The third-order valence-corrected chi connectivity index (χ3v) is 2.98. The number of hydrogen-bond donors (Lipinski definition) is 0. The normalized spacial score (nSPS) is 20.4. The summed E-state index contributed by atoms with van der Waals surface area (Å²) < 4.78 is 0. The van der Waals surface area contributed by atoms with Crippen LogP contribution in [0.2, 0.25) is 0 Å². The molecule has 1 atom stereocenters. The average molecular weight is 233 g/mol. The lowest BCUT2D eigenvalue weighted by molar-refractivity contribution is -0.384. The predicted octanol–water partition coefficient (Wildman–Crippen LogP) is 2.00. The van der Waals surface area contributed by atoms with Crippen molar-refractivity contribution in [1.82, 2.24) is 0 Å². The highest BCUT2D eigenvalue weighted by Crippen LogP contribution is 2.29. The summed E-state index contributed by atoms with van der Waals surface area (Å²) in [5.41, 5.74) is 0.765. The molecule has 0 heterocycles. The Balaban J connectivity index is 2.20. The summed E-state index contributed by atoms with van der Waals surface area (Å²) in [6, 6.07) is 5.96. The number of non-ortho nitro benzene ring substituents is 1. The molecule has 2 rings (SSSR count). The first-order chi connectivity index (χ1) is 8.08. The first kappa shape index (κ1) is 11.4. The topological polar surface area (TPSA) is 77.3 Å². The maximum Gasteiger partial charge on any atom is 0.269 e. The fourth-order valence-corrected chi connectivity index (χ4v) is 2.05. The van der Waals surface area contributed by atoms with Gasteiger partial charge < -0.3 is 0 Å². The van der Waals surface area contributed by atoms with Crippen LogP contribution >= 0.6 is 0 Å². The molecule has 0 spiro atoms. The Labute approximate surface area is 97.6 Å². The Morgan fingerprint density at radius 1 is 1.18 bits per heavy atom. The van der Waals surface area contributed by atoms with Crippen molar-refractivity contribution in [3.05, 3.63) is 39.9 Å². The summed E-state index contributed by atoms with van der Waals surface area (Å²) in [4.78, 5) is 32.8. The number of carbonyl (C=O) groups excluding carboxylic acids is 2. The van der Waals surface area contributed by atoms with E-state index in [1.807, 2.05) is 0 Å². The first-order valence-corrected chi connectivity index (χ1v) is 5.36. The lowest BCUT2D eigenvalue weighted by atomic mass is 9.82. The van der Waals surface area contributed by atoms with Crippen LogP contribution in [-0.2, 0) is 9.59 Å². The van der Waals surface area contributed by atoms with Crippen LogP contribution in [0.5, 0.6) is 0 Å². The zero-order chi connectivity index (χ0) is 12.4. The van der Waals surface area contributed by atoms with E-state index in [0.29, 0.717) is 12.8 Å². The summed E-state index contributed by atoms with van der Waals surface area (Å²) in [7, 11) is 0. The zero-order valence-electron chi connectivity index (χ0n) is 9.09. The van der Waals surface area contributed by atoms with E-state index in [0.717, 1.165) is 5.56 Å². The third-order valence-electron chi connectivity index (χ3n) is 2.98. The van der Waals surface area contributed by atoms with Crippen LogP contribution in [0.4, 0.5) is 5.69 Å². The standard InChI is InChI=1S/C12H11NO4/c14-10-5-6-11(12(15)7-10)8-1-3-9(4-2-8)13(16)17/h1-4,11H,5-7H2. The largest absolute Gasteiger partial charge is 0.299 e. The van der Waals surface area contributed by atoms with Crippen LogP contribution in [0, 0.1) is 10.1 Å². The van der Waals surface area contributed by atoms with Crippen molar-refractivity contribution in [3.8, 4) is 0 Å². The number of nitro groups is 1. The van der Waals surface area contributed by atoms with Crippen molar-refractivity contribution in [3.63, 3.8) is 0 Å². The van der Waals surface area contributed by atoms with Crippen molar-refractivity contribution < 1.29 is 14.5 Å². The molecule has 1 fully saturated rings. The van der Waals surface area contributed by atoms with Gasteiger partial charge in [0, 0.05) is 24.5 Å². The number of ketones is 2. The molecule has 1 saturated carbocycles. The summed E-state index contributed by atoms with van der Waals surface area (Å²) in [5, 5.41) is 10.5. The van der Waals surface area contributed by atoms with Gasteiger partial charge in [-0.05, 0) is 12.0 Å². The van der Waals surface area contributed by atoms with Gasteiger partial charge in [0.25, 0.3) is 5.69 Å². The predicted molar refractivity (Wildman–Crippen MR) is 59.7 cm³/mol. The molecule has 88 valence electrons. The molecule has 5 nitrogen and oxygen atoms in total. The van der Waals surface area contributed by atoms with Gasteiger partial charge >= 0.3 is 0 Å². The highest BCUT2D eigenvalue weighted by Gasteiger charge is 2.28. The van der Waals surface area contributed by atoms with Gasteiger partial charge in [-0.3, -0.25) is 19.7 Å². The number of Topliss-reactive ketones (excluding diaryl/α,β-unsaturated/α-hetero) is 2. The molecule has 0 aromatic heterocycles. The molecule has 1 aliphatic carbocycles. The number of benzene rings is 1. The van der Waals surface area contributed by atoms with E-state index in [9.17, 15) is 19.7 Å². The minimum atomic E-state index is -0.476. The van der Waals surface area contributed by atoms with Crippen molar-refractivity contribution in [1.29, 1.82) is 0 Å². The zero-order valence-corrected chi connectivity index (χ0v) is 9.09. The maximum absolute atomic E-state index is 11.7.